The molecule has 25 heavy (non-hydrogen) atoms. The molecule has 1 amide bonds. The van der Waals surface area contributed by atoms with Crippen LogP contribution in [-0.2, 0) is 4.79 Å². The van der Waals surface area contributed by atoms with E-state index in [4.69, 9.17) is 5.73 Å². The summed E-state index contributed by atoms with van der Waals surface area (Å²) < 4.78 is 0. The van der Waals surface area contributed by atoms with Gasteiger partial charge in [-0.3, -0.25) is 14.9 Å². The van der Waals surface area contributed by atoms with Gasteiger partial charge >= 0.3 is 0 Å². The fourth-order valence-electron chi connectivity index (χ4n) is 3.13. The van der Waals surface area contributed by atoms with Gasteiger partial charge < -0.3 is 16.0 Å². The second-order valence-corrected chi connectivity index (χ2v) is 6.17. The summed E-state index contributed by atoms with van der Waals surface area (Å²) in [7, 11) is 0. The maximum Gasteiger partial charge on any atom is 0.270 e. The number of rotatable bonds is 5. The predicted octanol–water partition coefficient (Wildman–Crippen LogP) is 1.43. The van der Waals surface area contributed by atoms with E-state index in [1.165, 1.54) is 12.1 Å². The molecule has 8 nitrogen and oxygen atoms in total. The minimum Gasteiger partial charge on any atom is -0.356 e. The summed E-state index contributed by atoms with van der Waals surface area (Å²) in [4.78, 5) is 29.3. The second kappa shape index (κ2) is 7.43. The highest BCUT2D eigenvalue weighted by Gasteiger charge is 2.26. The van der Waals surface area contributed by atoms with Crippen LogP contribution >= 0.6 is 0 Å². The number of carbonyl (C=O) groups is 1. The lowest BCUT2D eigenvalue weighted by Gasteiger charge is -2.33. The van der Waals surface area contributed by atoms with Crippen LogP contribution in [0.2, 0.25) is 0 Å². The van der Waals surface area contributed by atoms with Gasteiger partial charge in [-0.05, 0) is 31.0 Å². The van der Waals surface area contributed by atoms with E-state index in [0.717, 1.165) is 30.6 Å². The average Bonchev–Trinajstić information content (AvgIpc) is 2.65. The molecule has 1 saturated heterocycles. The molecule has 1 aromatic carbocycles. The standard InChI is InChI=1S/C17H21N5O3/c18-7-8-19-17(23)13-2-1-9-21(11-13)16-6-3-12-10-14(22(24)25)4-5-15(12)20-16/h3-6,10,13H,1-2,7-9,11,18H2,(H,19,23). The van der Waals surface area contributed by atoms with Crippen LogP contribution in [0.25, 0.3) is 10.9 Å². The molecule has 1 aliphatic heterocycles. The highest BCUT2D eigenvalue weighted by molar-refractivity contribution is 5.83. The Kier molecular flexibility index (Phi) is 5.08. The number of nitrogens with two attached hydrogens (primary N) is 1. The highest BCUT2D eigenvalue weighted by Crippen LogP contribution is 2.26. The summed E-state index contributed by atoms with van der Waals surface area (Å²) in [6.07, 6.45) is 1.77. The van der Waals surface area contributed by atoms with Crippen LogP contribution in [-0.4, -0.2) is 42.0 Å². The van der Waals surface area contributed by atoms with Crippen molar-refractivity contribution in [2.75, 3.05) is 31.1 Å². The first kappa shape index (κ1) is 17.1. The zero-order valence-electron chi connectivity index (χ0n) is 13.9. The van der Waals surface area contributed by atoms with Gasteiger partial charge in [-0.15, -0.1) is 0 Å². The molecule has 1 unspecified atom stereocenters. The lowest BCUT2D eigenvalue weighted by atomic mass is 9.97. The molecular formula is C17H21N5O3. The third kappa shape index (κ3) is 3.85. The molecule has 132 valence electrons. The van der Waals surface area contributed by atoms with Crippen LogP contribution in [0.3, 0.4) is 0 Å². The van der Waals surface area contributed by atoms with Crippen LogP contribution in [0.4, 0.5) is 11.5 Å². The molecule has 0 aliphatic carbocycles. The number of pyridine rings is 1. The van der Waals surface area contributed by atoms with Crippen molar-refractivity contribution in [2.24, 2.45) is 11.7 Å². The van der Waals surface area contributed by atoms with Crippen molar-refractivity contribution < 1.29 is 9.72 Å². The Morgan fingerprint density at radius 2 is 2.24 bits per heavy atom. The van der Waals surface area contributed by atoms with Crippen molar-refractivity contribution >= 4 is 28.3 Å². The largest absolute Gasteiger partial charge is 0.356 e. The van der Waals surface area contributed by atoms with Crippen LogP contribution in [0, 0.1) is 16.0 Å². The lowest BCUT2D eigenvalue weighted by Crippen LogP contribution is -2.44. The van der Waals surface area contributed by atoms with Gasteiger partial charge in [0.25, 0.3) is 5.69 Å². The van der Waals surface area contributed by atoms with Crippen LogP contribution in [0.1, 0.15) is 12.8 Å². The summed E-state index contributed by atoms with van der Waals surface area (Å²) in [5.41, 5.74) is 6.19. The molecule has 0 spiro atoms. The zero-order chi connectivity index (χ0) is 17.8. The van der Waals surface area contributed by atoms with E-state index in [1.807, 2.05) is 12.1 Å². The number of amides is 1. The van der Waals surface area contributed by atoms with Gasteiger partial charge in [-0.1, -0.05) is 0 Å². The van der Waals surface area contributed by atoms with Crippen molar-refractivity contribution in [1.82, 2.24) is 10.3 Å². The van der Waals surface area contributed by atoms with Gasteiger partial charge in [-0.25, -0.2) is 4.98 Å². The smallest absolute Gasteiger partial charge is 0.270 e. The number of nitro benzene ring substituents is 1. The van der Waals surface area contributed by atoms with Crippen molar-refractivity contribution in [3.63, 3.8) is 0 Å². The second-order valence-electron chi connectivity index (χ2n) is 6.17. The number of anilines is 1. The Labute approximate surface area is 145 Å². The van der Waals surface area contributed by atoms with Crippen molar-refractivity contribution in [3.8, 4) is 0 Å². The predicted molar refractivity (Wildman–Crippen MR) is 95.4 cm³/mol. The number of piperidine rings is 1. The van der Waals surface area contributed by atoms with Crippen LogP contribution in [0.15, 0.2) is 30.3 Å². The fourth-order valence-corrected chi connectivity index (χ4v) is 3.13. The van der Waals surface area contributed by atoms with Gasteiger partial charge in [0, 0.05) is 43.7 Å². The van der Waals surface area contributed by atoms with Crippen molar-refractivity contribution in [1.29, 1.82) is 0 Å². The molecule has 2 heterocycles. The molecule has 0 saturated carbocycles. The average molecular weight is 343 g/mol. The first-order valence-electron chi connectivity index (χ1n) is 8.36. The number of hydrogen-bond acceptors (Lipinski definition) is 6. The number of nitrogens with zero attached hydrogens (tertiary/aromatic N) is 3. The molecule has 8 heteroatoms. The van der Waals surface area contributed by atoms with Crippen LogP contribution < -0.4 is 16.0 Å². The fraction of sp³-hybridized carbons (Fsp3) is 0.412. The molecule has 2 aromatic rings. The maximum absolute atomic E-state index is 12.2. The Hall–Kier alpha value is -2.74. The SMILES string of the molecule is NCCNC(=O)C1CCCN(c2ccc3cc([N+](=O)[O-])ccc3n2)C1. The first-order chi connectivity index (χ1) is 12.1. The van der Waals surface area contributed by atoms with Crippen molar-refractivity contribution in [2.45, 2.75) is 12.8 Å². The Balaban J connectivity index is 1.77. The van der Waals surface area contributed by atoms with E-state index in [9.17, 15) is 14.9 Å². The number of carbonyl (C=O) groups excluding carboxylic acids is 1. The van der Waals surface area contributed by atoms with E-state index in [2.05, 4.69) is 15.2 Å². The van der Waals surface area contributed by atoms with E-state index < -0.39 is 4.92 Å². The summed E-state index contributed by atoms with van der Waals surface area (Å²) in [5.74, 6) is 0.749. The zero-order valence-corrected chi connectivity index (χ0v) is 13.9. The first-order valence-corrected chi connectivity index (χ1v) is 8.36. The number of hydrogen-bond donors (Lipinski definition) is 2. The van der Waals surface area contributed by atoms with Gasteiger partial charge in [0.2, 0.25) is 5.91 Å². The summed E-state index contributed by atoms with van der Waals surface area (Å²) >= 11 is 0. The number of aromatic nitrogens is 1. The third-order valence-corrected chi connectivity index (χ3v) is 4.43. The topological polar surface area (TPSA) is 114 Å². The van der Waals surface area contributed by atoms with E-state index in [1.54, 1.807) is 6.07 Å². The monoisotopic (exact) mass is 343 g/mol. The van der Waals surface area contributed by atoms with E-state index >= 15 is 0 Å². The molecule has 1 atom stereocenters. The molecule has 0 radical (unpaired) electrons. The molecule has 1 fully saturated rings. The van der Waals surface area contributed by atoms with E-state index in [0.29, 0.717) is 25.2 Å². The molecule has 3 N–H and O–H groups in total. The number of fused-ring (bicyclic) bond motifs is 1. The number of nitrogens with one attached hydrogen (secondary N) is 1. The normalized spacial score (nSPS) is 17.5. The van der Waals surface area contributed by atoms with Gasteiger partial charge in [0.05, 0.1) is 16.4 Å². The minimum atomic E-state index is -0.414. The molecule has 3 rings (SSSR count). The molecule has 1 aromatic heterocycles. The van der Waals surface area contributed by atoms with Gasteiger partial charge in [-0.2, -0.15) is 0 Å². The van der Waals surface area contributed by atoms with E-state index in [-0.39, 0.29) is 17.5 Å². The van der Waals surface area contributed by atoms with Crippen LogP contribution in [0.5, 0.6) is 0 Å². The molecule has 0 bridgehead atoms. The number of nitro groups is 1. The molecule has 1 aliphatic rings. The Bertz CT molecular complexity index is 795. The van der Waals surface area contributed by atoms with Crippen molar-refractivity contribution in [3.05, 3.63) is 40.4 Å². The number of benzene rings is 1. The number of non-ortho nitro benzene ring substituents is 1. The summed E-state index contributed by atoms with van der Waals surface area (Å²) in [6, 6.07) is 8.32. The third-order valence-electron chi connectivity index (χ3n) is 4.43. The summed E-state index contributed by atoms with van der Waals surface area (Å²) in [5, 5.41) is 14.4. The van der Waals surface area contributed by atoms with Gasteiger partial charge in [0.1, 0.15) is 5.82 Å². The lowest BCUT2D eigenvalue weighted by molar-refractivity contribution is -0.384. The Morgan fingerprint density at radius 3 is 3.00 bits per heavy atom. The minimum absolute atomic E-state index is 0.0339. The Morgan fingerprint density at radius 1 is 1.40 bits per heavy atom. The quantitative estimate of drug-likeness (QED) is 0.627. The molecular weight excluding hydrogens is 322 g/mol. The van der Waals surface area contributed by atoms with Gasteiger partial charge in [0.15, 0.2) is 0 Å². The highest BCUT2D eigenvalue weighted by atomic mass is 16.6. The maximum atomic E-state index is 12.2. The summed E-state index contributed by atoms with van der Waals surface area (Å²) in [6.45, 7) is 2.37.